The van der Waals surface area contributed by atoms with E-state index in [0.717, 1.165) is 43.2 Å². The van der Waals surface area contributed by atoms with Gasteiger partial charge in [0.2, 0.25) is 0 Å². The summed E-state index contributed by atoms with van der Waals surface area (Å²) in [6, 6.07) is 27.3. The van der Waals surface area contributed by atoms with Crippen LogP contribution >= 0.6 is 0 Å². The molecular formula is C29H27HeHf2HgN2O4Se2-2. The zero-order chi connectivity index (χ0) is 27.1. The molecule has 41 heavy (non-hydrogen) atoms. The fourth-order valence-corrected chi connectivity index (χ4v) is 9.20. The Labute approximate surface area is 308 Å². The van der Waals surface area contributed by atoms with E-state index >= 15 is 0 Å². The summed E-state index contributed by atoms with van der Waals surface area (Å²) >= 11 is 0.408. The van der Waals surface area contributed by atoms with E-state index in [1.54, 1.807) is 12.1 Å². The quantitative estimate of drug-likeness (QED) is 0.129. The predicted molar refractivity (Wildman–Crippen MR) is 152 cm³/mol. The summed E-state index contributed by atoms with van der Waals surface area (Å²) in [6.45, 7) is 7.83. The Morgan fingerprint density at radius 2 is 1.37 bits per heavy atom. The minimum atomic E-state index is -0.319. The molecule has 0 radical (unpaired) electrons. The van der Waals surface area contributed by atoms with Crippen LogP contribution in [0.4, 0.5) is 11.4 Å². The summed E-state index contributed by atoms with van der Waals surface area (Å²) in [5, 5.41) is 22.3. The largest absolute Gasteiger partial charge is 0 e. The summed E-state index contributed by atoms with van der Waals surface area (Å²) in [4.78, 5) is 21.7. The molecule has 12 heteroatoms. The van der Waals surface area contributed by atoms with Crippen LogP contribution in [0.3, 0.4) is 0 Å². The number of nitro groups is 2. The summed E-state index contributed by atoms with van der Waals surface area (Å²) in [6.07, 6.45) is 0. The Balaban J connectivity index is 0. The minimum Gasteiger partial charge on any atom is 0 e. The molecule has 0 amide bonds. The summed E-state index contributed by atoms with van der Waals surface area (Å²) < 4.78 is 5.08. The van der Waals surface area contributed by atoms with Gasteiger partial charge < -0.3 is 0 Å². The van der Waals surface area contributed by atoms with Gasteiger partial charge in [0.1, 0.15) is 0 Å². The third kappa shape index (κ3) is 12.1. The van der Waals surface area contributed by atoms with Crippen LogP contribution < -0.4 is 20.9 Å². The van der Waals surface area contributed by atoms with Crippen molar-refractivity contribution in [3.63, 3.8) is 0 Å². The first-order valence-electron chi connectivity index (χ1n) is 11.2. The molecule has 0 atom stereocenters. The summed E-state index contributed by atoms with van der Waals surface area (Å²) in [5.74, 6) is 0. The van der Waals surface area contributed by atoms with Crippen molar-refractivity contribution in [3.05, 3.63) is 121 Å². The molecule has 6 nitrogen and oxygen atoms in total. The van der Waals surface area contributed by atoms with Gasteiger partial charge in [0.05, 0.1) is 0 Å². The van der Waals surface area contributed by atoms with Crippen molar-refractivity contribution in [2.75, 3.05) is 0 Å². The molecule has 0 aliphatic heterocycles. The standard InChI is InChI=1S/C16H14NO2Se.C12H9NO2Se.CH4.He.2Hf.Hg/c1-10-7-5-6-8-14(10)20-15-9-11(2)12(3)13(4)16(15)17(18)19;14-13(15)11-8-4-5-9-12(11)16-10-6-2-1-3-7-10;;;;;/h8-9H,1-4H3;1-9H;1H4;;;;/q-2;;;;;;. The SMILES string of the molecule is C.Cc1[c-][c]([Hg])[c-]cc1[Se]c1cc(C)c(C)c(C)c1[N+](=O)[O-].O=[N+]([O-])c1ccccc1[Se]c1ccccc1.[He].[Hf].[Hf]. The second kappa shape index (κ2) is 20.3. The van der Waals surface area contributed by atoms with Gasteiger partial charge in [-0.05, 0) is 0 Å². The fourth-order valence-electron chi connectivity index (χ4n) is 3.46. The maximum atomic E-state index is 11.4. The molecule has 0 bridgehead atoms. The normalized spacial score (nSPS) is 9.41. The van der Waals surface area contributed by atoms with Crippen molar-refractivity contribution in [1.29, 1.82) is 0 Å². The molecule has 0 spiro atoms. The van der Waals surface area contributed by atoms with Gasteiger partial charge in [-0.25, -0.2) is 0 Å². The Morgan fingerprint density at radius 3 is 1.93 bits per heavy atom. The van der Waals surface area contributed by atoms with Crippen LogP contribution in [0.25, 0.3) is 0 Å². The van der Waals surface area contributed by atoms with E-state index in [-0.39, 0.29) is 116 Å². The molecule has 0 aliphatic carbocycles. The topological polar surface area (TPSA) is 86.3 Å². The van der Waals surface area contributed by atoms with E-state index in [9.17, 15) is 20.2 Å². The number of hydrogen-bond donors (Lipinski definition) is 0. The molecule has 0 unspecified atom stereocenters. The van der Waals surface area contributed by atoms with Crippen LogP contribution in [0.1, 0.15) is 29.7 Å². The minimum absolute atomic E-state index is 0. The Hall–Kier alpha value is -0.697. The van der Waals surface area contributed by atoms with E-state index < -0.39 is 0 Å². The van der Waals surface area contributed by atoms with Crippen molar-refractivity contribution in [3.8, 4) is 0 Å². The number of hydrogen-bond acceptors (Lipinski definition) is 4. The number of para-hydroxylation sites is 1. The molecule has 4 aromatic rings. The van der Waals surface area contributed by atoms with Crippen LogP contribution in [0.15, 0.2) is 66.7 Å². The van der Waals surface area contributed by atoms with Gasteiger partial charge in [0.25, 0.3) is 0 Å². The molecule has 0 aromatic heterocycles. The summed E-state index contributed by atoms with van der Waals surface area (Å²) in [5.41, 5.74) is 4.49. The fraction of sp³-hybridized carbons (Fsp3) is 0.172. The third-order valence-electron chi connectivity index (χ3n) is 5.61. The molecule has 4 rings (SSSR count). The van der Waals surface area contributed by atoms with Crippen molar-refractivity contribution >= 4 is 62.2 Å². The van der Waals surface area contributed by atoms with E-state index in [1.165, 1.54) is 0 Å². The molecule has 203 valence electrons. The van der Waals surface area contributed by atoms with Crippen LogP contribution in [-0.2, 0) is 77.8 Å². The molecule has 0 heterocycles. The van der Waals surface area contributed by atoms with Gasteiger partial charge in [-0.2, -0.15) is 0 Å². The van der Waals surface area contributed by atoms with Crippen LogP contribution in [0.5, 0.6) is 0 Å². The molecular weight excluding hydrogens is 1160 g/mol. The molecule has 0 aliphatic rings. The van der Waals surface area contributed by atoms with Gasteiger partial charge >= 0.3 is 247 Å². The van der Waals surface area contributed by atoms with E-state index in [0.29, 0.717) is 26.1 Å². The van der Waals surface area contributed by atoms with Crippen molar-refractivity contribution in [2.45, 2.75) is 35.1 Å². The van der Waals surface area contributed by atoms with Crippen molar-refractivity contribution < 1.29 is 93.8 Å². The molecule has 0 N–H and O–H groups in total. The van der Waals surface area contributed by atoms with Crippen molar-refractivity contribution in [1.82, 2.24) is 0 Å². The second-order valence-corrected chi connectivity index (χ2v) is 15.5. The number of aryl methyl sites for hydroxylation is 2. The number of benzene rings is 4. The van der Waals surface area contributed by atoms with Crippen LogP contribution in [0.2, 0.25) is 0 Å². The Bertz CT molecular complexity index is 1460. The zero-order valence-electron chi connectivity index (χ0n) is 22.6. The summed E-state index contributed by atoms with van der Waals surface area (Å²) in [7, 11) is 0. The average molecular weight is 1190 g/mol. The Kier molecular flexibility index (Phi) is 21.0. The first-order chi connectivity index (χ1) is 17.6. The van der Waals surface area contributed by atoms with Gasteiger partial charge in [-0.15, -0.1) is 0 Å². The molecule has 0 saturated carbocycles. The maximum Gasteiger partial charge on any atom is 0 e. The van der Waals surface area contributed by atoms with Crippen LogP contribution in [-0.4, -0.2) is 39.8 Å². The van der Waals surface area contributed by atoms with Crippen LogP contribution in [0, 0.1) is 66.2 Å². The Morgan fingerprint density at radius 1 is 0.780 bits per heavy atom. The first kappa shape index (κ1) is 42.4. The average Bonchev–Trinajstić information content (AvgIpc) is 2.85. The number of nitro benzene ring substituents is 2. The molecule has 4 aromatic carbocycles. The van der Waals surface area contributed by atoms with Gasteiger partial charge in [0, 0.05) is 57.8 Å². The van der Waals surface area contributed by atoms with Crippen molar-refractivity contribution in [2.24, 2.45) is 0 Å². The van der Waals surface area contributed by atoms with Gasteiger partial charge in [0.15, 0.2) is 0 Å². The number of rotatable bonds is 6. The molecule has 0 saturated heterocycles. The van der Waals surface area contributed by atoms with E-state index in [2.05, 4.69) is 12.1 Å². The smallest absolute Gasteiger partial charge is 0 e. The first-order valence-corrected chi connectivity index (χ1v) is 17.4. The van der Waals surface area contributed by atoms with E-state index in [1.807, 2.05) is 82.3 Å². The monoisotopic (exact) mass is 1190 g/mol. The maximum absolute atomic E-state index is 11.4. The van der Waals surface area contributed by atoms with E-state index in [4.69, 9.17) is 0 Å². The third-order valence-corrected chi connectivity index (χ3v) is 11.8. The predicted octanol–water partition coefficient (Wildman–Crippen LogP) is 3.14. The zero-order valence-corrected chi connectivity index (χ0v) is 38.7. The number of nitrogens with zero attached hydrogens (tertiary/aromatic N) is 2. The second-order valence-electron chi connectivity index (χ2n) is 8.17. The molecule has 0 fully saturated rings. The van der Waals surface area contributed by atoms with Gasteiger partial charge in [-0.3, -0.25) is 0 Å². The van der Waals surface area contributed by atoms with Gasteiger partial charge in [-0.1, -0.05) is 7.43 Å².